The summed E-state index contributed by atoms with van der Waals surface area (Å²) in [6, 6.07) is 12.5. The van der Waals surface area contributed by atoms with E-state index in [4.69, 9.17) is 4.74 Å². The number of hydrogen-bond acceptors (Lipinski definition) is 3. The van der Waals surface area contributed by atoms with Gasteiger partial charge in [0.1, 0.15) is 5.75 Å². The van der Waals surface area contributed by atoms with E-state index in [1.54, 1.807) is 0 Å². The van der Waals surface area contributed by atoms with E-state index in [-0.39, 0.29) is 0 Å². The lowest BCUT2D eigenvalue weighted by atomic mass is 10.2. The summed E-state index contributed by atoms with van der Waals surface area (Å²) in [6.45, 7) is 9.14. The Balaban J connectivity index is 2.15. The minimum Gasteiger partial charge on any atom is -0.439 e. The highest BCUT2D eigenvalue weighted by Gasteiger charge is 2.04. The molecule has 1 aromatic heterocycles. The number of rotatable bonds is 5. The number of nitrogens with zero attached hydrogens (tertiary/aromatic N) is 1. The number of ether oxygens (including phenoxy) is 1. The Bertz CT molecular complexity index is 579. The fourth-order valence-electron chi connectivity index (χ4n) is 1.98. The molecular formula is C17H22N2O. The number of aromatic nitrogens is 1. The van der Waals surface area contributed by atoms with E-state index < -0.39 is 0 Å². The molecule has 0 amide bonds. The van der Waals surface area contributed by atoms with Crippen LogP contribution in [-0.4, -0.2) is 11.0 Å². The average Bonchev–Trinajstić information content (AvgIpc) is 2.35. The molecule has 1 aromatic carbocycles. The first-order valence-electron chi connectivity index (χ1n) is 6.98. The molecule has 2 rings (SSSR count). The molecular weight excluding hydrogens is 248 g/mol. The van der Waals surface area contributed by atoms with Gasteiger partial charge in [0.05, 0.1) is 0 Å². The molecule has 3 heteroatoms. The van der Waals surface area contributed by atoms with Crippen molar-refractivity contribution in [3.8, 4) is 11.6 Å². The quantitative estimate of drug-likeness (QED) is 0.892. The van der Waals surface area contributed by atoms with Gasteiger partial charge < -0.3 is 10.1 Å². The van der Waals surface area contributed by atoms with Crippen LogP contribution in [0, 0.1) is 13.8 Å². The maximum absolute atomic E-state index is 5.85. The van der Waals surface area contributed by atoms with Crippen LogP contribution in [0.4, 0.5) is 0 Å². The molecule has 0 aliphatic carbocycles. The van der Waals surface area contributed by atoms with Crippen molar-refractivity contribution >= 4 is 0 Å². The molecule has 1 heterocycles. The summed E-state index contributed by atoms with van der Waals surface area (Å²) in [5, 5.41) is 3.41. The molecule has 0 bridgehead atoms. The van der Waals surface area contributed by atoms with Crippen molar-refractivity contribution in [2.75, 3.05) is 0 Å². The van der Waals surface area contributed by atoms with Crippen LogP contribution in [0.1, 0.15) is 30.7 Å². The summed E-state index contributed by atoms with van der Waals surface area (Å²) in [6.07, 6.45) is 0. The highest BCUT2D eigenvalue weighted by Crippen LogP contribution is 2.22. The third-order valence-corrected chi connectivity index (χ3v) is 2.92. The monoisotopic (exact) mass is 270 g/mol. The summed E-state index contributed by atoms with van der Waals surface area (Å²) in [5.74, 6) is 1.47. The van der Waals surface area contributed by atoms with Gasteiger partial charge >= 0.3 is 0 Å². The highest BCUT2D eigenvalue weighted by atomic mass is 16.5. The van der Waals surface area contributed by atoms with Crippen LogP contribution in [0.2, 0.25) is 0 Å². The standard InChI is InChI=1S/C17H22N2O/c1-12(2)18-11-15-9-14(4)19-17(10-15)20-16-7-5-6-13(3)8-16/h5-10,12,18H,11H2,1-4H3. The smallest absolute Gasteiger partial charge is 0.219 e. The van der Waals surface area contributed by atoms with Crippen LogP contribution in [-0.2, 0) is 6.54 Å². The van der Waals surface area contributed by atoms with Gasteiger partial charge in [0, 0.05) is 24.3 Å². The number of nitrogens with one attached hydrogen (secondary N) is 1. The van der Waals surface area contributed by atoms with E-state index in [9.17, 15) is 0 Å². The van der Waals surface area contributed by atoms with E-state index in [1.165, 1.54) is 11.1 Å². The van der Waals surface area contributed by atoms with Crippen LogP contribution < -0.4 is 10.1 Å². The Kier molecular flexibility index (Phi) is 4.74. The summed E-state index contributed by atoms with van der Waals surface area (Å²) < 4.78 is 5.85. The van der Waals surface area contributed by atoms with Crippen LogP contribution >= 0.6 is 0 Å². The topological polar surface area (TPSA) is 34.1 Å². The average molecular weight is 270 g/mol. The first-order valence-corrected chi connectivity index (χ1v) is 6.98. The minimum atomic E-state index is 0.463. The molecule has 0 fully saturated rings. The molecule has 20 heavy (non-hydrogen) atoms. The fraction of sp³-hybridized carbons (Fsp3) is 0.353. The highest BCUT2D eigenvalue weighted by molar-refractivity contribution is 5.33. The predicted molar refractivity (Wildman–Crippen MR) is 82.2 cm³/mol. The molecule has 1 N–H and O–H groups in total. The third-order valence-electron chi connectivity index (χ3n) is 2.92. The summed E-state index contributed by atoms with van der Waals surface area (Å²) >= 11 is 0. The summed E-state index contributed by atoms with van der Waals surface area (Å²) in [7, 11) is 0. The maximum Gasteiger partial charge on any atom is 0.219 e. The number of hydrogen-bond donors (Lipinski definition) is 1. The molecule has 0 radical (unpaired) electrons. The second kappa shape index (κ2) is 6.53. The van der Waals surface area contributed by atoms with Crippen molar-refractivity contribution < 1.29 is 4.74 Å². The lowest BCUT2D eigenvalue weighted by Crippen LogP contribution is -2.21. The Hall–Kier alpha value is -1.87. The first kappa shape index (κ1) is 14.5. The largest absolute Gasteiger partial charge is 0.439 e. The maximum atomic E-state index is 5.85. The van der Waals surface area contributed by atoms with E-state index in [1.807, 2.05) is 31.2 Å². The molecule has 0 aliphatic rings. The Morgan fingerprint density at radius 3 is 2.65 bits per heavy atom. The van der Waals surface area contributed by atoms with Crippen molar-refractivity contribution in [3.05, 3.63) is 53.2 Å². The van der Waals surface area contributed by atoms with Crippen LogP contribution in [0.25, 0.3) is 0 Å². The zero-order valence-corrected chi connectivity index (χ0v) is 12.6. The normalized spacial score (nSPS) is 10.8. The van der Waals surface area contributed by atoms with Crippen molar-refractivity contribution in [1.29, 1.82) is 0 Å². The predicted octanol–water partition coefficient (Wildman–Crippen LogP) is 3.99. The van der Waals surface area contributed by atoms with Gasteiger partial charge in [-0.2, -0.15) is 0 Å². The van der Waals surface area contributed by atoms with E-state index in [0.29, 0.717) is 11.9 Å². The van der Waals surface area contributed by atoms with Gasteiger partial charge in [-0.25, -0.2) is 4.98 Å². The number of benzene rings is 1. The van der Waals surface area contributed by atoms with Crippen molar-refractivity contribution in [2.45, 2.75) is 40.3 Å². The zero-order valence-electron chi connectivity index (χ0n) is 12.6. The second-order valence-electron chi connectivity index (χ2n) is 5.41. The van der Waals surface area contributed by atoms with Crippen LogP contribution in [0.5, 0.6) is 11.6 Å². The molecule has 0 saturated carbocycles. The number of pyridine rings is 1. The SMILES string of the molecule is Cc1cccc(Oc2cc(CNC(C)C)cc(C)n2)c1. The Labute approximate surface area is 121 Å². The lowest BCUT2D eigenvalue weighted by Gasteiger charge is -2.11. The van der Waals surface area contributed by atoms with E-state index >= 15 is 0 Å². The van der Waals surface area contributed by atoms with Gasteiger partial charge in [0.2, 0.25) is 5.88 Å². The molecule has 0 unspecified atom stereocenters. The molecule has 106 valence electrons. The van der Waals surface area contributed by atoms with Gasteiger partial charge in [0.15, 0.2) is 0 Å². The van der Waals surface area contributed by atoms with Crippen LogP contribution in [0.3, 0.4) is 0 Å². The summed E-state index contributed by atoms with van der Waals surface area (Å²) in [4.78, 5) is 4.44. The third kappa shape index (κ3) is 4.35. The fourth-order valence-corrected chi connectivity index (χ4v) is 1.98. The van der Waals surface area contributed by atoms with Crippen molar-refractivity contribution in [2.24, 2.45) is 0 Å². The first-order chi connectivity index (χ1) is 9.52. The van der Waals surface area contributed by atoms with Gasteiger partial charge in [-0.3, -0.25) is 0 Å². The Morgan fingerprint density at radius 2 is 1.95 bits per heavy atom. The molecule has 3 nitrogen and oxygen atoms in total. The van der Waals surface area contributed by atoms with Gasteiger partial charge in [0.25, 0.3) is 0 Å². The molecule has 0 saturated heterocycles. The summed E-state index contributed by atoms with van der Waals surface area (Å²) in [5.41, 5.74) is 3.33. The van der Waals surface area contributed by atoms with Crippen molar-refractivity contribution in [1.82, 2.24) is 10.3 Å². The van der Waals surface area contributed by atoms with Gasteiger partial charge in [-0.05, 0) is 43.2 Å². The molecule has 0 atom stereocenters. The van der Waals surface area contributed by atoms with E-state index in [2.05, 4.69) is 43.2 Å². The van der Waals surface area contributed by atoms with Gasteiger partial charge in [-0.15, -0.1) is 0 Å². The second-order valence-corrected chi connectivity index (χ2v) is 5.41. The van der Waals surface area contributed by atoms with Crippen LogP contribution in [0.15, 0.2) is 36.4 Å². The van der Waals surface area contributed by atoms with E-state index in [0.717, 1.165) is 18.0 Å². The Morgan fingerprint density at radius 1 is 1.15 bits per heavy atom. The molecule has 0 spiro atoms. The van der Waals surface area contributed by atoms with Gasteiger partial charge in [-0.1, -0.05) is 26.0 Å². The minimum absolute atomic E-state index is 0.463. The molecule has 0 aliphatic heterocycles. The molecule has 2 aromatic rings. The lowest BCUT2D eigenvalue weighted by molar-refractivity contribution is 0.459. The number of aryl methyl sites for hydroxylation is 2. The van der Waals surface area contributed by atoms with Crippen molar-refractivity contribution in [3.63, 3.8) is 0 Å². The zero-order chi connectivity index (χ0) is 14.5.